The van der Waals surface area contributed by atoms with Gasteiger partial charge in [0.05, 0.1) is 5.38 Å². The summed E-state index contributed by atoms with van der Waals surface area (Å²) in [5.74, 6) is 0.0931. The summed E-state index contributed by atoms with van der Waals surface area (Å²) in [5.41, 5.74) is 2.57. The molecular formula is C16H15Cl2F. The van der Waals surface area contributed by atoms with Gasteiger partial charge in [-0.05, 0) is 29.2 Å². The monoisotopic (exact) mass is 296 g/mol. The predicted octanol–water partition coefficient (Wildman–Crippen LogP) is 5.93. The molecule has 0 aliphatic carbocycles. The lowest BCUT2D eigenvalue weighted by atomic mass is 9.98. The van der Waals surface area contributed by atoms with E-state index >= 15 is 0 Å². The van der Waals surface area contributed by atoms with Gasteiger partial charge in [0.1, 0.15) is 5.82 Å². The van der Waals surface area contributed by atoms with E-state index in [-0.39, 0.29) is 5.82 Å². The number of benzene rings is 2. The van der Waals surface area contributed by atoms with Crippen LogP contribution in [0, 0.1) is 5.82 Å². The first-order chi connectivity index (χ1) is 8.99. The lowest BCUT2D eigenvalue weighted by molar-refractivity contribution is 0.612. The van der Waals surface area contributed by atoms with Gasteiger partial charge in [-0.15, -0.1) is 11.6 Å². The van der Waals surface area contributed by atoms with E-state index in [2.05, 4.69) is 13.8 Å². The lowest BCUT2D eigenvalue weighted by Gasteiger charge is -2.13. The van der Waals surface area contributed by atoms with Gasteiger partial charge in [-0.3, -0.25) is 0 Å². The molecule has 0 aromatic heterocycles. The van der Waals surface area contributed by atoms with Crippen LogP contribution in [0.1, 0.15) is 41.8 Å². The van der Waals surface area contributed by atoms with E-state index in [9.17, 15) is 4.39 Å². The number of hydrogen-bond acceptors (Lipinski definition) is 0. The molecule has 0 aliphatic heterocycles. The topological polar surface area (TPSA) is 0 Å². The number of rotatable bonds is 3. The summed E-state index contributed by atoms with van der Waals surface area (Å²) in [6.45, 7) is 4.26. The molecule has 100 valence electrons. The van der Waals surface area contributed by atoms with E-state index in [1.165, 1.54) is 11.6 Å². The highest BCUT2D eigenvalue weighted by molar-refractivity contribution is 6.30. The molecule has 19 heavy (non-hydrogen) atoms. The first kappa shape index (κ1) is 14.4. The molecule has 2 aromatic rings. The van der Waals surface area contributed by atoms with Crippen molar-refractivity contribution in [2.24, 2.45) is 0 Å². The molecule has 0 spiro atoms. The Hall–Kier alpha value is -1.05. The zero-order valence-electron chi connectivity index (χ0n) is 10.8. The van der Waals surface area contributed by atoms with Crippen LogP contribution in [-0.4, -0.2) is 0 Å². The minimum absolute atomic E-state index is 0.375. The van der Waals surface area contributed by atoms with Gasteiger partial charge in [-0.2, -0.15) is 0 Å². The smallest absolute Gasteiger partial charge is 0.129 e. The second kappa shape index (κ2) is 5.94. The highest BCUT2D eigenvalue weighted by Gasteiger charge is 2.15. The highest BCUT2D eigenvalue weighted by Crippen LogP contribution is 2.32. The van der Waals surface area contributed by atoms with E-state index < -0.39 is 5.38 Å². The maximum absolute atomic E-state index is 13.8. The van der Waals surface area contributed by atoms with Gasteiger partial charge >= 0.3 is 0 Å². The summed E-state index contributed by atoms with van der Waals surface area (Å²) < 4.78 is 13.8. The average Bonchev–Trinajstić information content (AvgIpc) is 2.38. The largest absolute Gasteiger partial charge is 0.207 e. The van der Waals surface area contributed by atoms with Gasteiger partial charge in [-0.25, -0.2) is 4.39 Å². The van der Waals surface area contributed by atoms with Crippen molar-refractivity contribution in [3.05, 3.63) is 70.0 Å². The van der Waals surface area contributed by atoms with Gasteiger partial charge in [0.2, 0.25) is 0 Å². The van der Waals surface area contributed by atoms with Gasteiger partial charge in [0, 0.05) is 10.6 Å². The molecule has 0 radical (unpaired) electrons. The fourth-order valence-corrected chi connectivity index (χ4v) is 2.42. The molecule has 2 aromatic carbocycles. The third kappa shape index (κ3) is 3.29. The number of halogens is 3. The summed E-state index contributed by atoms with van der Waals surface area (Å²) in [4.78, 5) is 0. The molecule has 0 N–H and O–H groups in total. The molecule has 0 heterocycles. The molecule has 0 saturated heterocycles. The second-order valence-electron chi connectivity index (χ2n) is 4.85. The van der Waals surface area contributed by atoms with Crippen molar-refractivity contribution >= 4 is 23.2 Å². The van der Waals surface area contributed by atoms with Crippen LogP contribution in [0.5, 0.6) is 0 Å². The molecular weight excluding hydrogens is 282 g/mol. The standard InChI is InChI=1S/C16H15Cl2F/c1-10(2)11-3-5-12(6-4-11)16(18)14-8-7-13(17)9-15(14)19/h3-10,16H,1-2H3. The van der Waals surface area contributed by atoms with Crippen LogP contribution in [0.15, 0.2) is 42.5 Å². The van der Waals surface area contributed by atoms with E-state index in [1.54, 1.807) is 12.1 Å². The van der Waals surface area contributed by atoms with E-state index in [4.69, 9.17) is 23.2 Å². The zero-order valence-corrected chi connectivity index (χ0v) is 12.3. The third-order valence-electron chi connectivity index (χ3n) is 3.13. The summed E-state index contributed by atoms with van der Waals surface area (Å²) in [7, 11) is 0. The van der Waals surface area contributed by atoms with E-state index in [0.29, 0.717) is 16.5 Å². The summed E-state index contributed by atoms with van der Waals surface area (Å²) in [6, 6.07) is 12.5. The number of hydrogen-bond donors (Lipinski definition) is 0. The van der Waals surface area contributed by atoms with Crippen molar-refractivity contribution in [2.75, 3.05) is 0 Å². The molecule has 0 bridgehead atoms. The fraction of sp³-hybridized carbons (Fsp3) is 0.250. The van der Waals surface area contributed by atoms with Crippen molar-refractivity contribution in [3.8, 4) is 0 Å². The predicted molar refractivity (Wildman–Crippen MR) is 79.6 cm³/mol. The Bertz CT molecular complexity index is 561. The van der Waals surface area contributed by atoms with Gasteiger partial charge < -0.3 is 0 Å². The summed E-state index contributed by atoms with van der Waals surface area (Å²) in [6.07, 6.45) is 0. The van der Waals surface area contributed by atoms with E-state index in [1.807, 2.05) is 24.3 Å². The van der Waals surface area contributed by atoms with Gasteiger partial charge in [0.15, 0.2) is 0 Å². The second-order valence-corrected chi connectivity index (χ2v) is 5.72. The molecule has 1 unspecified atom stereocenters. The van der Waals surface area contributed by atoms with Crippen LogP contribution in [0.25, 0.3) is 0 Å². The highest BCUT2D eigenvalue weighted by atomic mass is 35.5. The van der Waals surface area contributed by atoms with Crippen LogP contribution >= 0.6 is 23.2 Å². The molecule has 0 nitrogen and oxygen atoms in total. The van der Waals surface area contributed by atoms with Crippen LogP contribution in [0.2, 0.25) is 5.02 Å². The minimum atomic E-state index is -0.501. The maximum atomic E-state index is 13.8. The minimum Gasteiger partial charge on any atom is -0.207 e. The molecule has 0 amide bonds. The molecule has 1 atom stereocenters. The average molecular weight is 297 g/mol. The Labute approximate surface area is 123 Å². The number of alkyl halides is 1. The van der Waals surface area contributed by atoms with Crippen LogP contribution in [0.4, 0.5) is 4.39 Å². The van der Waals surface area contributed by atoms with Crippen LogP contribution in [-0.2, 0) is 0 Å². The van der Waals surface area contributed by atoms with Crippen molar-refractivity contribution in [2.45, 2.75) is 25.1 Å². The van der Waals surface area contributed by atoms with Gasteiger partial charge in [-0.1, -0.05) is 55.8 Å². The lowest BCUT2D eigenvalue weighted by Crippen LogP contribution is -1.98. The molecule has 0 aliphatic rings. The zero-order chi connectivity index (χ0) is 14.0. The SMILES string of the molecule is CC(C)c1ccc(C(Cl)c2ccc(Cl)cc2F)cc1. The maximum Gasteiger partial charge on any atom is 0.129 e. The molecule has 0 fully saturated rings. The molecule has 3 heteroatoms. The van der Waals surface area contributed by atoms with Crippen molar-refractivity contribution in [1.29, 1.82) is 0 Å². The van der Waals surface area contributed by atoms with Crippen molar-refractivity contribution in [3.63, 3.8) is 0 Å². The van der Waals surface area contributed by atoms with E-state index in [0.717, 1.165) is 5.56 Å². The Kier molecular flexibility index (Phi) is 4.49. The fourth-order valence-electron chi connectivity index (χ4n) is 1.94. The Morgan fingerprint density at radius 3 is 2.05 bits per heavy atom. The molecule has 0 saturated carbocycles. The first-order valence-electron chi connectivity index (χ1n) is 6.18. The summed E-state index contributed by atoms with van der Waals surface area (Å²) in [5, 5.41) is -0.126. The summed E-state index contributed by atoms with van der Waals surface area (Å²) >= 11 is 12.1. The van der Waals surface area contributed by atoms with Crippen LogP contribution in [0.3, 0.4) is 0 Å². The van der Waals surface area contributed by atoms with Crippen molar-refractivity contribution < 1.29 is 4.39 Å². The Morgan fingerprint density at radius 2 is 1.53 bits per heavy atom. The quantitative estimate of drug-likeness (QED) is 0.616. The third-order valence-corrected chi connectivity index (χ3v) is 3.85. The Morgan fingerprint density at radius 1 is 0.947 bits per heavy atom. The van der Waals surface area contributed by atoms with Gasteiger partial charge in [0.25, 0.3) is 0 Å². The van der Waals surface area contributed by atoms with Crippen molar-refractivity contribution in [1.82, 2.24) is 0 Å². The Balaban J connectivity index is 2.30. The molecule has 2 rings (SSSR count). The normalized spacial score (nSPS) is 12.7. The van der Waals surface area contributed by atoms with Crippen LogP contribution < -0.4 is 0 Å². The first-order valence-corrected chi connectivity index (χ1v) is 6.99.